The molecule has 1 atom stereocenters. The summed E-state index contributed by atoms with van der Waals surface area (Å²) in [6, 6.07) is 0. The summed E-state index contributed by atoms with van der Waals surface area (Å²) in [5, 5.41) is 18.0. The Morgan fingerprint density at radius 2 is 1.14 bits per heavy atom. The molecule has 2 N–H and O–H groups in total. The van der Waals surface area contributed by atoms with Crippen LogP contribution >= 0.6 is 0 Å². The molecule has 1 unspecified atom stereocenters. The minimum absolute atomic E-state index is 0. The SMILES string of the molecule is CCC(O)CCCCCCCCCCCCCCC(=O)O.[CaH2]. The quantitative estimate of drug-likeness (QED) is 0.323. The minimum atomic E-state index is -0.667. The van der Waals surface area contributed by atoms with Crippen molar-refractivity contribution in [3.63, 3.8) is 0 Å². The fourth-order valence-corrected chi connectivity index (χ4v) is 2.63. The third-order valence-corrected chi connectivity index (χ3v) is 4.15. The van der Waals surface area contributed by atoms with Gasteiger partial charge in [0.25, 0.3) is 0 Å². The number of unbranched alkanes of at least 4 members (excludes halogenated alkanes) is 11. The van der Waals surface area contributed by atoms with Gasteiger partial charge in [0.05, 0.1) is 6.10 Å². The summed E-state index contributed by atoms with van der Waals surface area (Å²) in [6.07, 6.45) is 16.8. The molecule has 0 bridgehead atoms. The molecule has 0 fully saturated rings. The van der Waals surface area contributed by atoms with Gasteiger partial charge in [-0.05, 0) is 19.3 Å². The first-order valence-corrected chi connectivity index (χ1v) is 9.06. The number of carboxylic acids is 1. The van der Waals surface area contributed by atoms with Gasteiger partial charge >= 0.3 is 43.7 Å². The van der Waals surface area contributed by atoms with Crippen LogP contribution in [0.1, 0.15) is 103 Å². The van der Waals surface area contributed by atoms with Crippen molar-refractivity contribution in [3.8, 4) is 0 Å². The van der Waals surface area contributed by atoms with Crippen molar-refractivity contribution in [2.24, 2.45) is 0 Å². The van der Waals surface area contributed by atoms with Crippen molar-refractivity contribution >= 4 is 43.7 Å². The molecule has 0 saturated heterocycles. The van der Waals surface area contributed by atoms with E-state index in [2.05, 4.69) is 0 Å². The summed E-state index contributed by atoms with van der Waals surface area (Å²) in [7, 11) is 0. The Bertz CT molecular complexity index is 234. The van der Waals surface area contributed by atoms with Crippen molar-refractivity contribution in [2.45, 2.75) is 109 Å². The number of carbonyl (C=O) groups is 1. The van der Waals surface area contributed by atoms with Crippen LogP contribution in [0, 0.1) is 0 Å². The van der Waals surface area contributed by atoms with Crippen molar-refractivity contribution in [1.82, 2.24) is 0 Å². The van der Waals surface area contributed by atoms with Gasteiger partial charge in [0, 0.05) is 6.42 Å². The van der Waals surface area contributed by atoms with E-state index in [1.165, 1.54) is 64.2 Å². The molecule has 0 aliphatic rings. The molecule has 22 heavy (non-hydrogen) atoms. The Morgan fingerprint density at radius 1 is 0.773 bits per heavy atom. The molecule has 0 aromatic heterocycles. The number of hydrogen-bond acceptors (Lipinski definition) is 2. The number of aliphatic hydroxyl groups excluding tert-OH is 1. The van der Waals surface area contributed by atoms with E-state index in [0.29, 0.717) is 6.42 Å². The van der Waals surface area contributed by atoms with Gasteiger partial charge < -0.3 is 10.2 Å². The Hall–Kier alpha value is 0.690. The monoisotopic (exact) mass is 342 g/mol. The normalized spacial score (nSPS) is 11.9. The average molecular weight is 343 g/mol. The molecule has 0 aromatic rings. The fourth-order valence-electron chi connectivity index (χ4n) is 2.63. The Balaban J connectivity index is 0. The van der Waals surface area contributed by atoms with Gasteiger partial charge in [0.15, 0.2) is 0 Å². The van der Waals surface area contributed by atoms with E-state index >= 15 is 0 Å². The van der Waals surface area contributed by atoms with E-state index in [0.717, 1.165) is 25.7 Å². The second kappa shape index (κ2) is 19.7. The number of carboxylic acid groups (broad SMARTS) is 1. The summed E-state index contributed by atoms with van der Waals surface area (Å²) in [5.74, 6) is -0.667. The Kier molecular flexibility index (Phi) is 22.4. The molecule has 0 heterocycles. The zero-order valence-electron chi connectivity index (χ0n) is 14.0. The molecule has 0 radical (unpaired) electrons. The summed E-state index contributed by atoms with van der Waals surface area (Å²) >= 11 is 0. The van der Waals surface area contributed by atoms with E-state index in [1.807, 2.05) is 6.92 Å². The van der Waals surface area contributed by atoms with Crippen molar-refractivity contribution in [1.29, 1.82) is 0 Å². The first-order chi connectivity index (χ1) is 10.2. The van der Waals surface area contributed by atoms with Crippen LogP contribution < -0.4 is 0 Å². The molecule has 0 rings (SSSR count). The summed E-state index contributed by atoms with van der Waals surface area (Å²) in [5.41, 5.74) is 0. The maximum absolute atomic E-state index is 10.3. The van der Waals surface area contributed by atoms with Gasteiger partial charge in [-0.15, -0.1) is 0 Å². The second-order valence-corrected chi connectivity index (χ2v) is 6.24. The Morgan fingerprint density at radius 3 is 1.50 bits per heavy atom. The number of aliphatic carboxylic acids is 1. The molecule has 0 aliphatic carbocycles. The van der Waals surface area contributed by atoms with E-state index in [4.69, 9.17) is 5.11 Å². The van der Waals surface area contributed by atoms with Crippen LogP contribution in [0.4, 0.5) is 0 Å². The van der Waals surface area contributed by atoms with Crippen LogP contribution in [0.3, 0.4) is 0 Å². The summed E-state index contributed by atoms with van der Waals surface area (Å²) in [4.78, 5) is 10.3. The predicted octanol–water partition coefficient (Wildman–Crippen LogP) is 4.39. The van der Waals surface area contributed by atoms with Gasteiger partial charge in [0.2, 0.25) is 0 Å². The second-order valence-electron chi connectivity index (χ2n) is 6.24. The Labute approximate surface area is 167 Å². The van der Waals surface area contributed by atoms with E-state index in [-0.39, 0.29) is 43.8 Å². The van der Waals surface area contributed by atoms with Gasteiger partial charge in [-0.1, -0.05) is 77.6 Å². The van der Waals surface area contributed by atoms with Crippen LogP contribution in [0.5, 0.6) is 0 Å². The zero-order valence-corrected chi connectivity index (χ0v) is 14.0. The molecule has 3 nitrogen and oxygen atoms in total. The summed E-state index contributed by atoms with van der Waals surface area (Å²) in [6.45, 7) is 2.04. The third-order valence-electron chi connectivity index (χ3n) is 4.15. The average Bonchev–Trinajstić information content (AvgIpc) is 2.46. The van der Waals surface area contributed by atoms with Gasteiger partial charge in [-0.3, -0.25) is 4.79 Å². The van der Waals surface area contributed by atoms with Gasteiger partial charge in [0.1, 0.15) is 0 Å². The van der Waals surface area contributed by atoms with Crippen LogP contribution in [0.25, 0.3) is 0 Å². The molecule has 0 saturated carbocycles. The van der Waals surface area contributed by atoms with E-state index in [9.17, 15) is 9.90 Å². The number of hydrogen-bond donors (Lipinski definition) is 2. The zero-order chi connectivity index (χ0) is 15.8. The molecular formula is C18H38CaO3. The molecular weight excluding hydrogens is 304 g/mol. The fraction of sp³-hybridized carbons (Fsp3) is 0.944. The molecule has 0 spiro atoms. The van der Waals surface area contributed by atoms with E-state index in [1.54, 1.807) is 0 Å². The molecule has 4 heteroatoms. The first-order valence-electron chi connectivity index (χ1n) is 9.06. The van der Waals surface area contributed by atoms with Crippen molar-refractivity contribution in [2.75, 3.05) is 0 Å². The predicted molar refractivity (Wildman–Crippen MR) is 97.1 cm³/mol. The molecule has 130 valence electrons. The van der Waals surface area contributed by atoms with Crippen LogP contribution in [0.15, 0.2) is 0 Å². The topological polar surface area (TPSA) is 57.5 Å². The van der Waals surface area contributed by atoms with Gasteiger partial charge in [-0.2, -0.15) is 0 Å². The maximum atomic E-state index is 10.3. The third kappa shape index (κ3) is 20.7. The van der Waals surface area contributed by atoms with Crippen molar-refractivity contribution < 1.29 is 15.0 Å². The number of aliphatic hydroxyl groups is 1. The summed E-state index contributed by atoms with van der Waals surface area (Å²) < 4.78 is 0. The molecule has 0 aliphatic heterocycles. The number of rotatable bonds is 16. The van der Waals surface area contributed by atoms with Crippen LogP contribution in [0.2, 0.25) is 0 Å². The van der Waals surface area contributed by atoms with E-state index < -0.39 is 5.97 Å². The van der Waals surface area contributed by atoms with Gasteiger partial charge in [-0.25, -0.2) is 0 Å². The standard InChI is InChI=1S/C18H36O3.Ca.2H/c1-2-17(19)15-13-11-9-7-5-3-4-6-8-10-12-14-16-18(20)21;;;/h17,19H,2-16H2,1H3,(H,20,21);;;. The van der Waals surface area contributed by atoms with Crippen molar-refractivity contribution in [3.05, 3.63) is 0 Å². The molecule has 0 aromatic carbocycles. The first kappa shape index (κ1) is 24.9. The molecule has 0 amide bonds. The van der Waals surface area contributed by atoms with Crippen LogP contribution in [-0.2, 0) is 4.79 Å². The van der Waals surface area contributed by atoms with Crippen LogP contribution in [-0.4, -0.2) is 60.0 Å².